The van der Waals surface area contributed by atoms with Gasteiger partial charge in [0.05, 0.1) is 49.1 Å². The molecule has 2 saturated heterocycles. The predicted molar refractivity (Wildman–Crippen MR) is 291 cm³/mol. The summed E-state index contributed by atoms with van der Waals surface area (Å²) < 4.78 is 9.69. The first-order valence-corrected chi connectivity index (χ1v) is 26.5. The minimum atomic E-state index is -0.800. The summed E-state index contributed by atoms with van der Waals surface area (Å²) in [6.07, 6.45) is 8.80. The van der Waals surface area contributed by atoms with Gasteiger partial charge in [-0.15, -0.1) is 0 Å². The first kappa shape index (κ1) is 53.8. The molecule has 2 aliphatic heterocycles. The number of amides is 4. The van der Waals surface area contributed by atoms with Crippen LogP contribution in [0.25, 0.3) is 38.9 Å². The van der Waals surface area contributed by atoms with Crippen molar-refractivity contribution >= 4 is 46.3 Å². The van der Waals surface area contributed by atoms with E-state index < -0.39 is 30.3 Å². The number of hydrogen-bond acceptors (Lipinski definition) is 10. The number of aromatic nitrogens is 2. The maximum atomic E-state index is 14.2. The highest BCUT2D eigenvalue weighted by molar-refractivity contribution is 5.95. The van der Waals surface area contributed by atoms with E-state index in [1.54, 1.807) is 4.90 Å². The quantitative estimate of drug-likeness (QED) is 0.110. The lowest BCUT2D eigenvalue weighted by Gasteiger charge is -2.31. The molecule has 1 spiro atoms. The van der Waals surface area contributed by atoms with Crippen LogP contribution in [0.4, 0.5) is 9.59 Å². The number of alkyl carbamates (subject to hydrolysis) is 2. The summed E-state index contributed by atoms with van der Waals surface area (Å²) in [5.41, 5.74) is 10.1. The third-order valence-electron chi connectivity index (χ3n) is 16.2. The fourth-order valence-corrected chi connectivity index (χ4v) is 12.3. The van der Waals surface area contributed by atoms with Crippen molar-refractivity contribution in [2.75, 3.05) is 41.4 Å². The topological polar surface area (TPSA) is 179 Å². The van der Waals surface area contributed by atoms with Gasteiger partial charge in [-0.1, -0.05) is 111 Å². The molecule has 1 aromatic heterocycles. The summed E-state index contributed by atoms with van der Waals surface area (Å²) in [5, 5.41) is 5.97. The minimum Gasteiger partial charge on any atom is -0.453 e. The molecule has 3 aromatic carbocycles. The molecular formula is C59H78N8O7. The van der Waals surface area contributed by atoms with E-state index in [4.69, 9.17) is 19.5 Å². The fourth-order valence-electron chi connectivity index (χ4n) is 12.3. The molecule has 3 heterocycles. The highest BCUT2D eigenvalue weighted by Gasteiger charge is 2.47. The molecular weight excluding hydrogens is 933 g/mol. The van der Waals surface area contributed by atoms with Crippen LogP contribution in [0, 0.1) is 28.1 Å². The molecule has 4 aromatic rings. The molecule has 1 saturated carbocycles. The number of carbonyl (C=O) groups is 4. The molecule has 15 heteroatoms. The van der Waals surface area contributed by atoms with E-state index in [9.17, 15) is 24.0 Å². The Bertz CT molecular complexity index is 2930. The van der Waals surface area contributed by atoms with Gasteiger partial charge in [0.25, 0.3) is 5.56 Å². The van der Waals surface area contributed by atoms with Crippen LogP contribution in [-0.4, -0.2) is 114 Å². The zero-order valence-electron chi connectivity index (χ0n) is 45.9. The number of aromatic amines is 1. The summed E-state index contributed by atoms with van der Waals surface area (Å²) >= 11 is 0. The number of carbonyl (C=O) groups excluding carboxylic acids is 4. The molecule has 0 bridgehead atoms. The molecule has 74 heavy (non-hydrogen) atoms. The van der Waals surface area contributed by atoms with Crippen molar-refractivity contribution in [1.82, 2.24) is 35.3 Å². The van der Waals surface area contributed by atoms with Crippen molar-refractivity contribution in [1.29, 1.82) is 0 Å². The van der Waals surface area contributed by atoms with Crippen molar-refractivity contribution in [2.45, 2.75) is 138 Å². The Morgan fingerprint density at radius 3 is 1.85 bits per heavy atom. The molecule has 15 nitrogen and oxygen atoms in total. The fraction of sp³-hybridized carbons (Fsp3) is 0.542. The van der Waals surface area contributed by atoms with Gasteiger partial charge >= 0.3 is 12.2 Å². The number of methoxy groups -OCH3 is 2. The number of fused-ring (bicyclic) bond motifs is 2. The first-order chi connectivity index (χ1) is 34.9. The van der Waals surface area contributed by atoms with Crippen LogP contribution in [-0.2, 0) is 31.9 Å². The number of ether oxygens (including phenoxy) is 2. The van der Waals surface area contributed by atoms with Gasteiger partial charge in [-0.3, -0.25) is 19.4 Å². The molecule has 2 aliphatic carbocycles. The first-order valence-electron chi connectivity index (χ1n) is 26.5. The second-order valence-electron chi connectivity index (χ2n) is 24.0. The minimum absolute atomic E-state index is 0.131. The number of likely N-dealkylation sites (tertiary alicyclic amines) is 2. The third kappa shape index (κ3) is 11.0. The standard InChI is InChI=1S/C59H78N8O7/c1-34(2)49(62-55(71)73-12)53(69)66-32-57(6,7)29-46(66)36(5)60-31-48(65(10)11)38-18-16-37(17-19-38)40-21-22-41(44-28-59(27-43(40)44)24-14-15-25-59)39-20-23-45-42(26-39)52(68)64-51(61-45)47-30-58(8,9)33-67(47)54(70)50(35(3)4)63-56(72)74-13/h16-23,26,31,34-35,46-47,49-50H,14-15,24-25,27-30,32-33H2,1-13H3,(H,62,71)(H,63,72)(H,61,64,68)/b48-31-,60-36?/t46-,47-,49-,50-/m0/s1. The van der Waals surface area contributed by atoms with Crippen molar-refractivity contribution < 1.29 is 28.7 Å². The monoisotopic (exact) mass is 1010 g/mol. The smallest absolute Gasteiger partial charge is 0.407 e. The van der Waals surface area contributed by atoms with Crippen molar-refractivity contribution in [3.8, 4) is 22.3 Å². The molecule has 0 radical (unpaired) electrons. The summed E-state index contributed by atoms with van der Waals surface area (Å²) in [6.45, 7) is 19.1. The number of nitrogens with one attached hydrogen (secondary N) is 3. The summed E-state index contributed by atoms with van der Waals surface area (Å²) in [5.74, 6) is -0.263. The Hall–Kier alpha value is -6.51. The van der Waals surface area contributed by atoms with Gasteiger partial charge in [0, 0.05) is 32.9 Å². The number of nitrogens with zero attached hydrogens (tertiary/aromatic N) is 5. The molecule has 0 unspecified atom stereocenters. The molecule has 4 atom stereocenters. The van der Waals surface area contributed by atoms with Crippen LogP contribution in [0.15, 0.2) is 70.6 Å². The van der Waals surface area contributed by atoms with E-state index in [1.165, 1.54) is 56.6 Å². The maximum Gasteiger partial charge on any atom is 0.407 e. The van der Waals surface area contributed by atoms with Gasteiger partial charge < -0.3 is 39.8 Å². The summed E-state index contributed by atoms with van der Waals surface area (Å²) in [6, 6.07) is 17.0. The van der Waals surface area contributed by atoms with Crippen LogP contribution < -0.4 is 16.2 Å². The Morgan fingerprint density at radius 2 is 1.30 bits per heavy atom. The normalized spacial score (nSPS) is 20.8. The number of benzene rings is 3. The highest BCUT2D eigenvalue weighted by atomic mass is 16.5. The Balaban J connectivity index is 1.08. The van der Waals surface area contributed by atoms with Crippen molar-refractivity contribution in [3.63, 3.8) is 0 Å². The van der Waals surface area contributed by atoms with Crippen LogP contribution in [0.3, 0.4) is 0 Å². The average Bonchev–Trinajstić information content (AvgIpc) is 4.14. The molecule has 4 amide bonds. The van der Waals surface area contributed by atoms with Crippen LogP contribution in [0.5, 0.6) is 0 Å². The zero-order valence-corrected chi connectivity index (χ0v) is 45.9. The lowest BCUT2D eigenvalue weighted by atomic mass is 9.82. The molecule has 396 valence electrons. The van der Waals surface area contributed by atoms with Crippen LogP contribution in [0.1, 0.15) is 129 Å². The number of rotatable bonds is 13. The second kappa shape index (κ2) is 21.0. The largest absolute Gasteiger partial charge is 0.453 e. The molecule has 3 fully saturated rings. The van der Waals surface area contributed by atoms with Crippen molar-refractivity contribution in [2.24, 2.45) is 33.1 Å². The Morgan fingerprint density at radius 1 is 0.770 bits per heavy atom. The molecule has 8 rings (SSSR count). The maximum absolute atomic E-state index is 14.2. The zero-order chi connectivity index (χ0) is 53.6. The lowest BCUT2D eigenvalue weighted by molar-refractivity contribution is -0.136. The number of hydrogen-bond donors (Lipinski definition) is 3. The van der Waals surface area contributed by atoms with E-state index in [0.717, 1.165) is 52.9 Å². The van der Waals surface area contributed by atoms with Gasteiger partial charge in [-0.25, -0.2) is 14.6 Å². The van der Waals surface area contributed by atoms with E-state index in [1.807, 2.05) is 71.9 Å². The average molecular weight is 1010 g/mol. The van der Waals surface area contributed by atoms with Crippen LogP contribution in [0.2, 0.25) is 0 Å². The Kier molecular flexibility index (Phi) is 15.3. The number of aliphatic imine (C=N–C) groups is 1. The molecule has 4 aliphatic rings. The third-order valence-corrected chi connectivity index (χ3v) is 16.2. The van der Waals surface area contributed by atoms with Gasteiger partial charge in [-0.05, 0) is 125 Å². The van der Waals surface area contributed by atoms with Gasteiger partial charge in [0.2, 0.25) is 11.8 Å². The van der Waals surface area contributed by atoms with Gasteiger partial charge in [0.15, 0.2) is 0 Å². The SMILES string of the molecule is COC(=O)N[C@H](C(=O)N1CC(C)(C)C[C@H]1C(C)=N/C=C(/c1ccc(-c2ccc(-c3ccc4nc([C@@H]5CC(C)(C)CN5C(=O)[C@@H](NC(=O)OC)C(C)C)[nH]c(=O)c4c3)c3c2CC2(CCCC2)C3)cc1)N(C)C)C(C)C. The highest BCUT2D eigenvalue weighted by Crippen LogP contribution is 2.53. The van der Waals surface area contributed by atoms with Crippen LogP contribution >= 0.6 is 0 Å². The van der Waals surface area contributed by atoms with Gasteiger partial charge in [0.1, 0.15) is 17.9 Å². The van der Waals surface area contributed by atoms with E-state index in [-0.39, 0.29) is 51.5 Å². The van der Waals surface area contributed by atoms with Crippen molar-refractivity contribution in [3.05, 3.63) is 93.7 Å². The predicted octanol–water partition coefficient (Wildman–Crippen LogP) is 9.92. The second-order valence-corrected chi connectivity index (χ2v) is 24.0. The van der Waals surface area contributed by atoms with Gasteiger partial charge in [-0.2, -0.15) is 0 Å². The van der Waals surface area contributed by atoms with E-state index >= 15 is 0 Å². The lowest BCUT2D eigenvalue weighted by Crippen LogP contribution is -2.53. The number of H-pyrrole nitrogens is 1. The molecule has 3 N–H and O–H groups in total. The van der Waals surface area contributed by atoms with E-state index in [0.29, 0.717) is 36.2 Å². The summed E-state index contributed by atoms with van der Waals surface area (Å²) in [7, 11) is 6.60. The summed E-state index contributed by atoms with van der Waals surface area (Å²) in [4.78, 5) is 85.6. The Labute approximate surface area is 436 Å². The van der Waals surface area contributed by atoms with E-state index in [2.05, 4.69) is 90.7 Å².